The van der Waals surface area contributed by atoms with Gasteiger partial charge in [-0.2, -0.15) is 0 Å². The Morgan fingerprint density at radius 2 is 1.77 bits per heavy atom. The van der Waals surface area contributed by atoms with Gasteiger partial charge >= 0.3 is 12.0 Å². The average molecular weight is 407 g/mol. The molecule has 0 saturated heterocycles. The Hall–Kier alpha value is -3.94. The molecule has 0 spiro atoms. The number of pyridine rings is 1. The highest BCUT2D eigenvalue weighted by molar-refractivity contribution is 6.05. The van der Waals surface area contributed by atoms with Gasteiger partial charge in [0.25, 0.3) is 5.91 Å². The number of carbonyl (C=O) groups is 3. The van der Waals surface area contributed by atoms with Gasteiger partial charge in [-0.15, -0.1) is 0 Å². The second-order valence-corrected chi connectivity index (χ2v) is 6.87. The fourth-order valence-electron chi connectivity index (χ4n) is 2.79. The lowest BCUT2D eigenvalue weighted by molar-refractivity contribution is -0.123. The minimum atomic E-state index is -0.737. The maximum atomic E-state index is 12.7. The maximum Gasteiger partial charge on any atom is 0.339 e. The van der Waals surface area contributed by atoms with Crippen LogP contribution in [0.4, 0.5) is 4.79 Å². The number of ether oxygens (including phenoxy) is 1. The molecule has 0 radical (unpaired) electrons. The van der Waals surface area contributed by atoms with Crippen LogP contribution < -0.4 is 10.6 Å². The van der Waals surface area contributed by atoms with E-state index in [1.165, 1.54) is 12.1 Å². The molecule has 1 aromatic heterocycles. The number of nitrogens with one attached hydrogen (secondary N) is 2. The highest BCUT2D eigenvalue weighted by Gasteiger charge is 2.17. The van der Waals surface area contributed by atoms with Crippen LogP contribution in [-0.4, -0.2) is 40.6 Å². The predicted molar refractivity (Wildman–Crippen MR) is 111 cm³/mol. The van der Waals surface area contributed by atoms with E-state index in [9.17, 15) is 19.5 Å². The van der Waals surface area contributed by atoms with E-state index in [0.717, 1.165) is 0 Å². The number of esters is 1. The van der Waals surface area contributed by atoms with Crippen LogP contribution in [0.1, 0.15) is 24.2 Å². The quantitative estimate of drug-likeness (QED) is 0.560. The maximum absolute atomic E-state index is 12.7. The molecule has 3 aromatic rings. The second kappa shape index (κ2) is 9.04. The number of aromatic hydroxyl groups is 1. The highest BCUT2D eigenvalue weighted by Crippen LogP contribution is 2.26. The molecular weight excluding hydrogens is 386 g/mol. The van der Waals surface area contributed by atoms with Crippen molar-refractivity contribution in [3.63, 3.8) is 0 Å². The Morgan fingerprint density at radius 1 is 1.07 bits per heavy atom. The normalized spacial score (nSPS) is 10.6. The van der Waals surface area contributed by atoms with Crippen molar-refractivity contribution in [2.45, 2.75) is 19.9 Å². The number of nitrogens with zero attached hydrogens (tertiary/aromatic N) is 1. The summed E-state index contributed by atoms with van der Waals surface area (Å²) < 4.78 is 5.12. The molecule has 8 heteroatoms. The lowest BCUT2D eigenvalue weighted by atomic mass is 10.0. The van der Waals surface area contributed by atoms with Crippen molar-refractivity contribution >= 4 is 28.8 Å². The SMILES string of the molecule is CC(C)NC(=O)NC(=O)COC(=O)c1cc(-c2ccc(O)cc2)nc2ccccc12. The van der Waals surface area contributed by atoms with Crippen LogP contribution >= 0.6 is 0 Å². The molecule has 0 unspecified atom stereocenters. The first-order valence-corrected chi connectivity index (χ1v) is 9.30. The van der Waals surface area contributed by atoms with E-state index >= 15 is 0 Å². The molecule has 0 saturated carbocycles. The van der Waals surface area contributed by atoms with E-state index in [4.69, 9.17) is 4.74 Å². The fourth-order valence-corrected chi connectivity index (χ4v) is 2.79. The molecule has 8 nitrogen and oxygen atoms in total. The van der Waals surface area contributed by atoms with Crippen LogP contribution in [0.2, 0.25) is 0 Å². The number of para-hydroxylation sites is 1. The summed E-state index contributed by atoms with van der Waals surface area (Å²) in [4.78, 5) is 40.7. The molecule has 2 aromatic carbocycles. The number of fused-ring (bicyclic) bond motifs is 1. The topological polar surface area (TPSA) is 118 Å². The van der Waals surface area contributed by atoms with Gasteiger partial charge in [0.05, 0.1) is 16.8 Å². The van der Waals surface area contributed by atoms with Crippen molar-refractivity contribution in [3.8, 4) is 17.0 Å². The van der Waals surface area contributed by atoms with Crippen molar-refractivity contribution in [1.29, 1.82) is 0 Å². The van der Waals surface area contributed by atoms with Gasteiger partial charge in [0.15, 0.2) is 6.61 Å². The summed E-state index contributed by atoms with van der Waals surface area (Å²) in [5.74, 6) is -1.33. The molecule has 3 amide bonds. The molecule has 3 N–H and O–H groups in total. The number of carbonyl (C=O) groups excluding carboxylic acids is 3. The number of benzene rings is 2. The van der Waals surface area contributed by atoms with Gasteiger partial charge < -0.3 is 15.2 Å². The standard InChI is InChI=1S/C22H21N3O5/c1-13(2)23-22(29)25-20(27)12-30-21(28)17-11-19(14-7-9-15(26)10-8-14)24-18-6-4-3-5-16(17)18/h3-11,13,26H,12H2,1-2H3,(H2,23,25,27,29). The lowest BCUT2D eigenvalue weighted by Gasteiger charge is -2.11. The van der Waals surface area contributed by atoms with E-state index in [1.807, 2.05) is 0 Å². The Balaban J connectivity index is 1.82. The average Bonchev–Trinajstić information content (AvgIpc) is 2.71. The molecule has 0 aliphatic rings. The molecule has 0 aliphatic heterocycles. The fraction of sp³-hybridized carbons (Fsp3) is 0.182. The minimum absolute atomic E-state index is 0.117. The molecular formula is C22H21N3O5. The van der Waals surface area contributed by atoms with Crippen LogP contribution in [-0.2, 0) is 9.53 Å². The first-order chi connectivity index (χ1) is 14.3. The van der Waals surface area contributed by atoms with Gasteiger partial charge in [0, 0.05) is 17.0 Å². The summed E-state index contributed by atoms with van der Waals surface area (Å²) in [5.41, 5.74) is 2.04. The van der Waals surface area contributed by atoms with Gasteiger partial charge in [0.2, 0.25) is 0 Å². The van der Waals surface area contributed by atoms with Crippen LogP contribution in [0.3, 0.4) is 0 Å². The Bertz CT molecular complexity index is 1090. The van der Waals surface area contributed by atoms with Gasteiger partial charge in [-0.05, 0) is 50.2 Å². The number of hydrogen-bond donors (Lipinski definition) is 3. The number of rotatable bonds is 5. The molecule has 30 heavy (non-hydrogen) atoms. The smallest absolute Gasteiger partial charge is 0.339 e. The van der Waals surface area contributed by atoms with Gasteiger partial charge in [0.1, 0.15) is 5.75 Å². The third-order valence-corrected chi connectivity index (χ3v) is 4.11. The highest BCUT2D eigenvalue weighted by atomic mass is 16.5. The zero-order chi connectivity index (χ0) is 21.7. The monoisotopic (exact) mass is 407 g/mol. The van der Waals surface area contributed by atoms with E-state index in [1.54, 1.807) is 56.3 Å². The summed E-state index contributed by atoms with van der Waals surface area (Å²) in [6, 6.07) is 14.3. The minimum Gasteiger partial charge on any atom is -0.508 e. The van der Waals surface area contributed by atoms with Gasteiger partial charge in [-0.3, -0.25) is 10.1 Å². The second-order valence-electron chi connectivity index (χ2n) is 6.87. The molecule has 3 rings (SSSR count). The predicted octanol–water partition coefficient (Wildman–Crippen LogP) is 3.00. The molecule has 0 fully saturated rings. The van der Waals surface area contributed by atoms with Crippen molar-refractivity contribution in [1.82, 2.24) is 15.6 Å². The molecule has 1 heterocycles. The Morgan fingerprint density at radius 3 is 2.47 bits per heavy atom. The molecule has 0 aliphatic carbocycles. The van der Waals surface area contributed by atoms with Crippen molar-refractivity contribution in [3.05, 3.63) is 60.2 Å². The Labute approximate surface area is 172 Å². The summed E-state index contributed by atoms with van der Waals surface area (Å²) >= 11 is 0. The zero-order valence-corrected chi connectivity index (χ0v) is 16.5. The van der Waals surface area contributed by atoms with Crippen LogP contribution in [0.15, 0.2) is 54.6 Å². The largest absolute Gasteiger partial charge is 0.508 e. The third-order valence-electron chi connectivity index (χ3n) is 4.11. The van der Waals surface area contributed by atoms with Crippen molar-refractivity contribution in [2.24, 2.45) is 0 Å². The number of urea groups is 1. The summed E-state index contributed by atoms with van der Waals surface area (Å²) in [5, 5.41) is 14.7. The third kappa shape index (κ3) is 5.11. The van der Waals surface area contributed by atoms with E-state index in [2.05, 4.69) is 15.6 Å². The number of phenols is 1. The van der Waals surface area contributed by atoms with Crippen LogP contribution in [0, 0.1) is 0 Å². The molecule has 154 valence electrons. The van der Waals surface area contributed by atoms with Crippen LogP contribution in [0.5, 0.6) is 5.75 Å². The van der Waals surface area contributed by atoms with Crippen LogP contribution in [0.25, 0.3) is 22.2 Å². The zero-order valence-electron chi connectivity index (χ0n) is 16.5. The summed E-state index contributed by atoms with van der Waals surface area (Å²) in [6.07, 6.45) is 0. The lowest BCUT2D eigenvalue weighted by Crippen LogP contribution is -2.44. The van der Waals surface area contributed by atoms with E-state index in [-0.39, 0.29) is 17.4 Å². The number of phenolic OH excluding ortho intramolecular Hbond substituents is 1. The number of amides is 3. The Kier molecular flexibility index (Phi) is 6.26. The van der Waals surface area contributed by atoms with E-state index in [0.29, 0.717) is 22.2 Å². The van der Waals surface area contributed by atoms with Gasteiger partial charge in [-0.25, -0.2) is 14.6 Å². The summed E-state index contributed by atoms with van der Waals surface area (Å²) in [6.45, 7) is 2.91. The first kappa shape index (κ1) is 20.8. The molecule has 0 bridgehead atoms. The first-order valence-electron chi connectivity index (χ1n) is 9.30. The summed E-state index contributed by atoms with van der Waals surface area (Å²) in [7, 11) is 0. The molecule has 0 atom stereocenters. The number of imide groups is 1. The van der Waals surface area contributed by atoms with Gasteiger partial charge in [-0.1, -0.05) is 18.2 Å². The number of aromatic nitrogens is 1. The van der Waals surface area contributed by atoms with Crippen molar-refractivity contribution in [2.75, 3.05) is 6.61 Å². The number of hydrogen-bond acceptors (Lipinski definition) is 6. The van der Waals surface area contributed by atoms with E-state index < -0.39 is 24.5 Å². The van der Waals surface area contributed by atoms with Crippen molar-refractivity contribution < 1.29 is 24.2 Å².